The number of hydrogen-bond acceptors (Lipinski definition) is 5. The topological polar surface area (TPSA) is 85.6 Å². The van der Waals surface area contributed by atoms with Crippen molar-refractivity contribution in [3.05, 3.63) is 60.7 Å². The van der Waals surface area contributed by atoms with Gasteiger partial charge in [0.15, 0.2) is 0 Å². The van der Waals surface area contributed by atoms with Crippen molar-refractivity contribution in [3.63, 3.8) is 0 Å². The van der Waals surface area contributed by atoms with Crippen molar-refractivity contribution in [3.8, 4) is 5.69 Å². The van der Waals surface area contributed by atoms with Crippen LogP contribution in [0.5, 0.6) is 0 Å². The summed E-state index contributed by atoms with van der Waals surface area (Å²) in [6.07, 6.45) is 4.61. The molecule has 0 saturated heterocycles. The predicted molar refractivity (Wildman–Crippen MR) is 71.3 cm³/mol. The second-order valence-corrected chi connectivity index (χ2v) is 3.96. The average Bonchev–Trinajstić information content (AvgIpc) is 3.03. The van der Waals surface area contributed by atoms with Crippen LogP contribution in [0.4, 0.5) is 5.69 Å². The van der Waals surface area contributed by atoms with Gasteiger partial charge in [0.1, 0.15) is 6.33 Å². The highest BCUT2D eigenvalue weighted by molar-refractivity contribution is 6.05. The van der Waals surface area contributed by atoms with Gasteiger partial charge in [-0.1, -0.05) is 12.1 Å². The molecule has 0 aliphatic rings. The van der Waals surface area contributed by atoms with Gasteiger partial charge in [-0.15, -0.1) is 5.10 Å². The molecule has 0 atom stereocenters. The first-order chi connectivity index (χ1) is 9.84. The second-order valence-electron chi connectivity index (χ2n) is 3.96. The van der Waals surface area contributed by atoms with Gasteiger partial charge >= 0.3 is 0 Å². The average molecular weight is 266 g/mol. The fraction of sp³-hybridized carbons (Fsp3) is 0. The van der Waals surface area contributed by atoms with E-state index in [9.17, 15) is 4.79 Å². The van der Waals surface area contributed by atoms with Crippen molar-refractivity contribution in [1.29, 1.82) is 0 Å². The molecule has 0 radical (unpaired) electrons. The Labute approximate surface area is 114 Å². The van der Waals surface area contributed by atoms with Gasteiger partial charge in [-0.3, -0.25) is 9.78 Å². The number of tetrazole rings is 1. The number of carbonyl (C=O) groups is 1. The third kappa shape index (κ3) is 2.37. The van der Waals surface area contributed by atoms with E-state index >= 15 is 0 Å². The highest BCUT2D eigenvalue weighted by Crippen LogP contribution is 2.19. The van der Waals surface area contributed by atoms with Crippen LogP contribution in [-0.2, 0) is 0 Å². The Morgan fingerprint density at radius 1 is 1.10 bits per heavy atom. The Bertz CT molecular complexity index is 711. The molecule has 0 spiro atoms. The molecule has 0 aliphatic carbocycles. The van der Waals surface area contributed by atoms with Gasteiger partial charge in [0, 0.05) is 18.0 Å². The summed E-state index contributed by atoms with van der Waals surface area (Å²) in [6, 6.07) is 10.6. The highest BCUT2D eigenvalue weighted by atomic mass is 16.1. The highest BCUT2D eigenvalue weighted by Gasteiger charge is 2.10. The minimum atomic E-state index is -0.215. The van der Waals surface area contributed by atoms with Gasteiger partial charge in [0.25, 0.3) is 5.91 Å². The molecule has 2 aromatic heterocycles. The monoisotopic (exact) mass is 266 g/mol. The Hall–Kier alpha value is -3.09. The number of para-hydroxylation sites is 2. The molecule has 1 N–H and O–H groups in total. The molecule has 2 heterocycles. The van der Waals surface area contributed by atoms with E-state index in [1.807, 2.05) is 18.2 Å². The first-order valence-corrected chi connectivity index (χ1v) is 5.88. The van der Waals surface area contributed by atoms with Gasteiger partial charge in [-0.25, -0.2) is 0 Å². The lowest BCUT2D eigenvalue weighted by molar-refractivity contribution is 0.102. The predicted octanol–water partition coefficient (Wildman–Crippen LogP) is 1.31. The van der Waals surface area contributed by atoms with Gasteiger partial charge < -0.3 is 5.32 Å². The summed E-state index contributed by atoms with van der Waals surface area (Å²) < 4.78 is 1.49. The maximum absolute atomic E-state index is 12.1. The number of aromatic nitrogens is 5. The van der Waals surface area contributed by atoms with Crippen LogP contribution in [0.15, 0.2) is 55.1 Å². The van der Waals surface area contributed by atoms with Crippen LogP contribution in [0.3, 0.4) is 0 Å². The summed E-state index contributed by atoms with van der Waals surface area (Å²) >= 11 is 0. The van der Waals surface area contributed by atoms with Crippen molar-refractivity contribution >= 4 is 11.6 Å². The molecule has 20 heavy (non-hydrogen) atoms. The summed E-state index contributed by atoms with van der Waals surface area (Å²) in [7, 11) is 0. The molecular formula is C13H10N6O. The van der Waals surface area contributed by atoms with E-state index in [2.05, 4.69) is 25.8 Å². The molecule has 0 aliphatic heterocycles. The van der Waals surface area contributed by atoms with Crippen molar-refractivity contribution in [2.75, 3.05) is 5.32 Å². The SMILES string of the molecule is O=C(Nc1ccccc1-n1cnnn1)c1ccncc1. The van der Waals surface area contributed by atoms with Crippen molar-refractivity contribution < 1.29 is 4.79 Å². The summed E-state index contributed by atoms with van der Waals surface area (Å²) in [5.74, 6) is -0.215. The molecule has 7 heteroatoms. The van der Waals surface area contributed by atoms with E-state index in [1.165, 1.54) is 11.0 Å². The maximum Gasteiger partial charge on any atom is 0.255 e. The Balaban J connectivity index is 1.90. The summed E-state index contributed by atoms with van der Waals surface area (Å²) in [4.78, 5) is 16.0. The van der Waals surface area contributed by atoms with Crippen molar-refractivity contribution in [1.82, 2.24) is 25.2 Å². The number of hydrogen-bond donors (Lipinski definition) is 1. The maximum atomic E-state index is 12.1. The molecule has 3 aromatic rings. The zero-order valence-electron chi connectivity index (χ0n) is 10.3. The number of benzene rings is 1. The lowest BCUT2D eigenvalue weighted by atomic mass is 10.2. The lowest BCUT2D eigenvalue weighted by Crippen LogP contribution is -2.14. The Morgan fingerprint density at radius 3 is 2.65 bits per heavy atom. The van der Waals surface area contributed by atoms with E-state index in [4.69, 9.17) is 0 Å². The molecule has 0 saturated carbocycles. The molecule has 3 rings (SSSR count). The zero-order chi connectivity index (χ0) is 13.8. The van der Waals surface area contributed by atoms with Gasteiger partial charge in [-0.2, -0.15) is 4.68 Å². The van der Waals surface area contributed by atoms with Crippen LogP contribution in [-0.4, -0.2) is 31.1 Å². The fourth-order valence-electron chi connectivity index (χ4n) is 1.75. The Morgan fingerprint density at radius 2 is 1.90 bits per heavy atom. The minimum Gasteiger partial charge on any atom is -0.320 e. The quantitative estimate of drug-likeness (QED) is 0.772. The largest absolute Gasteiger partial charge is 0.320 e. The van der Waals surface area contributed by atoms with Crippen molar-refractivity contribution in [2.45, 2.75) is 0 Å². The molecule has 1 amide bonds. The van der Waals surface area contributed by atoms with Crippen LogP contribution in [0.25, 0.3) is 5.69 Å². The Kier molecular flexibility index (Phi) is 3.15. The van der Waals surface area contributed by atoms with E-state index in [-0.39, 0.29) is 5.91 Å². The molecule has 1 aromatic carbocycles. The first kappa shape index (κ1) is 12.0. The second kappa shape index (κ2) is 5.27. The van der Waals surface area contributed by atoms with Gasteiger partial charge in [-0.05, 0) is 34.7 Å². The number of carbonyl (C=O) groups excluding carboxylic acids is 1. The number of rotatable bonds is 3. The first-order valence-electron chi connectivity index (χ1n) is 5.88. The van der Waals surface area contributed by atoms with Crippen LogP contribution >= 0.6 is 0 Å². The third-order valence-electron chi connectivity index (χ3n) is 2.69. The molecule has 0 unspecified atom stereocenters. The van der Waals surface area contributed by atoms with Crippen molar-refractivity contribution in [2.24, 2.45) is 0 Å². The summed E-state index contributed by atoms with van der Waals surface area (Å²) in [5.41, 5.74) is 1.85. The summed E-state index contributed by atoms with van der Waals surface area (Å²) in [5, 5.41) is 13.8. The summed E-state index contributed by atoms with van der Waals surface area (Å²) in [6.45, 7) is 0. The van der Waals surface area contributed by atoms with Crippen LogP contribution in [0.1, 0.15) is 10.4 Å². The molecular weight excluding hydrogens is 256 g/mol. The van der Waals surface area contributed by atoms with Crippen LogP contribution < -0.4 is 5.32 Å². The number of nitrogens with one attached hydrogen (secondary N) is 1. The van der Waals surface area contributed by atoms with E-state index in [1.54, 1.807) is 30.6 Å². The lowest BCUT2D eigenvalue weighted by Gasteiger charge is -2.09. The number of nitrogens with zero attached hydrogens (tertiary/aromatic N) is 5. The minimum absolute atomic E-state index is 0.215. The smallest absolute Gasteiger partial charge is 0.255 e. The van der Waals surface area contributed by atoms with E-state index < -0.39 is 0 Å². The molecule has 98 valence electrons. The molecule has 0 fully saturated rings. The standard InChI is InChI=1S/C13H10N6O/c20-13(10-5-7-14-8-6-10)16-11-3-1-2-4-12(11)19-9-15-17-18-19/h1-9H,(H,16,20). The van der Waals surface area contributed by atoms with Crippen LogP contribution in [0, 0.1) is 0 Å². The third-order valence-corrected chi connectivity index (χ3v) is 2.69. The molecule has 0 bridgehead atoms. The van der Waals surface area contributed by atoms with E-state index in [0.29, 0.717) is 16.9 Å². The van der Waals surface area contributed by atoms with E-state index in [0.717, 1.165) is 0 Å². The fourth-order valence-corrected chi connectivity index (χ4v) is 1.75. The van der Waals surface area contributed by atoms with Crippen LogP contribution in [0.2, 0.25) is 0 Å². The van der Waals surface area contributed by atoms with Gasteiger partial charge in [0.2, 0.25) is 0 Å². The van der Waals surface area contributed by atoms with Gasteiger partial charge in [0.05, 0.1) is 11.4 Å². The molecule has 7 nitrogen and oxygen atoms in total. The number of amides is 1. The number of anilines is 1. The number of pyridine rings is 1. The normalized spacial score (nSPS) is 10.2. The zero-order valence-corrected chi connectivity index (χ0v) is 10.3.